The summed E-state index contributed by atoms with van der Waals surface area (Å²) in [4.78, 5) is 12.1. The van der Waals surface area contributed by atoms with Gasteiger partial charge in [0.25, 0.3) is 0 Å². The zero-order valence-electron chi connectivity index (χ0n) is 12.1. The van der Waals surface area contributed by atoms with Crippen LogP contribution < -0.4 is 5.73 Å². The highest BCUT2D eigenvalue weighted by Gasteiger charge is 2.31. The van der Waals surface area contributed by atoms with Crippen LogP contribution in [0.2, 0.25) is 0 Å². The van der Waals surface area contributed by atoms with E-state index in [0.717, 1.165) is 5.56 Å². The van der Waals surface area contributed by atoms with Gasteiger partial charge in [-0.3, -0.25) is 4.79 Å². The van der Waals surface area contributed by atoms with Crippen LogP contribution in [0.1, 0.15) is 33.3 Å². The minimum absolute atomic E-state index is 0.142. The van der Waals surface area contributed by atoms with Crippen molar-refractivity contribution in [1.29, 1.82) is 0 Å². The summed E-state index contributed by atoms with van der Waals surface area (Å²) in [7, 11) is 0. The summed E-state index contributed by atoms with van der Waals surface area (Å²) in [6.07, 6.45) is 0.142. The van der Waals surface area contributed by atoms with E-state index >= 15 is 0 Å². The maximum absolute atomic E-state index is 12.1. The largest absolute Gasteiger partial charge is 0.463 e. The van der Waals surface area contributed by atoms with Crippen LogP contribution in [0.5, 0.6) is 0 Å². The summed E-state index contributed by atoms with van der Waals surface area (Å²) in [5, 5.41) is 0. The summed E-state index contributed by atoms with van der Waals surface area (Å²) in [6, 6.07) is 7.26. The highest BCUT2D eigenvalue weighted by Crippen LogP contribution is 2.25. The molecule has 0 bridgehead atoms. The molecule has 0 heterocycles. The third kappa shape index (κ3) is 4.56. The second-order valence-corrected chi connectivity index (χ2v) is 5.30. The van der Waals surface area contributed by atoms with E-state index < -0.39 is 5.41 Å². The van der Waals surface area contributed by atoms with E-state index in [2.05, 4.69) is 0 Å². The molecular weight excluding hydrogens is 242 g/mol. The molecule has 0 aliphatic heterocycles. The first-order valence-electron chi connectivity index (χ1n) is 6.49. The van der Waals surface area contributed by atoms with Crippen molar-refractivity contribution in [3.8, 4) is 0 Å². The van der Waals surface area contributed by atoms with Gasteiger partial charge in [0.05, 0.1) is 18.1 Å². The van der Waals surface area contributed by atoms with Gasteiger partial charge in [-0.1, -0.05) is 12.1 Å². The SMILES string of the molecule is CC(C)OCCOC(=O)C(C)(C)c1ccc(N)cc1. The van der Waals surface area contributed by atoms with Crippen LogP contribution in [-0.2, 0) is 19.7 Å². The molecule has 106 valence electrons. The van der Waals surface area contributed by atoms with Crippen LogP contribution in [-0.4, -0.2) is 25.3 Å². The molecule has 0 saturated heterocycles. The molecule has 0 radical (unpaired) electrons. The highest BCUT2D eigenvalue weighted by atomic mass is 16.6. The van der Waals surface area contributed by atoms with Crippen LogP contribution in [0.25, 0.3) is 0 Å². The van der Waals surface area contributed by atoms with E-state index in [4.69, 9.17) is 15.2 Å². The molecule has 0 saturated carbocycles. The maximum atomic E-state index is 12.1. The fraction of sp³-hybridized carbons (Fsp3) is 0.533. The topological polar surface area (TPSA) is 61.5 Å². The minimum Gasteiger partial charge on any atom is -0.463 e. The first-order valence-corrected chi connectivity index (χ1v) is 6.49. The van der Waals surface area contributed by atoms with E-state index in [0.29, 0.717) is 12.3 Å². The average molecular weight is 265 g/mol. The van der Waals surface area contributed by atoms with Crippen molar-refractivity contribution in [3.63, 3.8) is 0 Å². The average Bonchev–Trinajstić information content (AvgIpc) is 2.34. The van der Waals surface area contributed by atoms with E-state index in [9.17, 15) is 4.79 Å². The van der Waals surface area contributed by atoms with Crippen molar-refractivity contribution in [1.82, 2.24) is 0 Å². The van der Waals surface area contributed by atoms with Crippen molar-refractivity contribution in [2.75, 3.05) is 18.9 Å². The fourth-order valence-electron chi connectivity index (χ4n) is 1.62. The summed E-state index contributed by atoms with van der Waals surface area (Å²) >= 11 is 0. The van der Waals surface area contributed by atoms with Gasteiger partial charge in [0, 0.05) is 5.69 Å². The van der Waals surface area contributed by atoms with Crippen molar-refractivity contribution in [2.45, 2.75) is 39.2 Å². The third-order valence-electron chi connectivity index (χ3n) is 2.91. The molecule has 1 aromatic carbocycles. The Kier molecular flexibility index (Phi) is 5.36. The van der Waals surface area contributed by atoms with Crippen LogP contribution in [0.15, 0.2) is 24.3 Å². The monoisotopic (exact) mass is 265 g/mol. The number of esters is 1. The lowest BCUT2D eigenvalue weighted by Crippen LogP contribution is -2.32. The van der Waals surface area contributed by atoms with Crippen molar-refractivity contribution < 1.29 is 14.3 Å². The van der Waals surface area contributed by atoms with Gasteiger partial charge in [-0.2, -0.15) is 0 Å². The molecule has 0 unspecified atom stereocenters. The number of hydrogen-bond acceptors (Lipinski definition) is 4. The summed E-state index contributed by atoms with van der Waals surface area (Å²) in [5.41, 5.74) is 6.52. The molecule has 0 aliphatic rings. The van der Waals surface area contributed by atoms with Gasteiger partial charge in [-0.25, -0.2) is 0 Å². The standard InChI is InChI=1S/C15H23NO3/c1-11(2)18-9-10-19-14(17)15(3,4)12-5-7-13(16)8-6-12/h5-8,11H,9-10,16H2,1-4H3. The number of ether oxygens (including phenoxy) is 2. The number of carbonyl (C=O) groups excluding carboxylic acids is 1. The van der Waals surface area contributed by atoms with Crippen LogP contribution in [0.3, 0.4) is 0 Å². The molecular formula is C15H23NO3. The van der Waals surface area contributed by atoms with Crippen molar-refractivity contribution in [2.24, 2.45) is 0 Å². The van der Waals surface area contributed by atoms with Crippen molar-refractivity contribution >= 4 is 11.7 Å². The van der Waals surface area contributed by atoms with Crippen LogP contribution in [0, 0.1) is 0 Å². The Morgan fingerprint density at radius 1 is 1.21 bits per heavy atom. The predicted octanol–water partition coefficient (Wildman–Crippen LogP) is 2.51. The molecule has 19 heavy (non-hydrogen) atoms. The molecule has 2 N–H and O–H groups in total. The Hall–Kier alpha value is -1.55. The lowest BCUT2D eigenvalue weighted by molar-refractivity contribution is -0.151. The van der Waals surface area contributed by atoms with E-state index in [1.165, 1.54) is 0 Å². The number of anilines is 1. The third-order valence-corrected chi connectivity index (χ3v) is 2.91. The van der Waals surface area contributed by atoms with E-state index in [1.807, 2.05) is 39.8 Å². The fourth-order valence-corrected chi connectivity index (χ4v) is 1.62. The van der Waals surface area contributed by atoms with Crippen LogP contribution >= 0.6 is 0 Å². The molecule has 0 aromatic heterocycles. The Morgan fingerprint density at radius 3 is 2.32 bits per heavy atom. The van der Waals surface area contributed by atoms with Gasteiger partial charge in [0.1, 0.15) is 6.61 Å². The molecule has 4 nitrogen and oxygen atoms in total. The Morgan fingerprint density at radius 2 is 1.79 bits per heavy atom. The zero-order chi connectivity index (χ0) is 14.5. The molecule has 0 aliphatic carbocycles. The van der Waals surface area contributed by atoms with Crippen LogP contribution in [0.4, 0.5) is 5.69 Å². The van der Waals surface area contributed by atoms with Gasteiger partial charge in [0.15, 0.2) is 0 Å². The predicted molar refractivity (Wildman–Crippen MR) is 75.9 cm³/mol. The molecule has 4 heteroatoms. The normalized spacial score (nSPS) is 11.6. The summed E-state index contributed by atoms with van der Waals surface area (Å²) in [6.45, 7) is 8.26. The lowest BCUT2D eigenvalue weighted by atomic mass is 9.85. The smallest absolute Gasteiger partial charge is 0.316 e. The first-order chi connectivity index (χ1) is 8.84. The van der Waals surface area contributed by atoms with Gasteiger partial charge < -0.3 is 15.2 Å². The Bertz CT molecular complexity index is 410. The summed E-state index contributed by atoms with van der Waals surface area (Å²) < 4.78 is 10.6. The molecule has 0 atom stereocenters. The van der Waals surface area contributed by atoms with Crippen molar-refractivity contribution in [3.05, 3.63) is 29.8 Å². The molecule has 0 spiro atoms. The lowest BCUT2D eigenvalue weighted by Gasteiger charge is -2.23. The van der Waals surface area contributed by atoms with E-state index in [-0.39, 0.29) is 18.7 Å². The Labute approximate surface area is 114 Å². The number of hydrogen-bond donors (Lipinski definition) is 1. The highest BCUT2D eigenvalue weighted by molar-refractivity contribution is 5.82. The van der Waals surface area contributed by atoms with Gasteiger partial charge in [0.2, 0.25) is 0 Å². The number of nitrogens with two attached hydrogens (primary N) is 1. The van der Waals surface area contributed by atoms with Gasteiger partial charge >= 0.3 is 5.97 Å². The first kappa shape index (κ1) is 15.5. The zero-order valence-corrected chi connectivity index (χ0v) is 12.1. The molecule has 1 rings (SSSR count). The number of benzene rings is 1. The number of carbonyl (C=O) groups is 1. The molecule has 0 fully saturated rings. The van der Waals surface area contributed by atoms with Gasteiger partial charge in [-0.05, 0) is 45.4 Å². The molecule has 0 amide bonds. The Balaban J connectivity index is 2.56. The maximum Gasteiger partial charge on any atom is 0.316 e. The second kappa shape index (κ2) is 6.57. The van der Waals surface area contributed by atoms with Gasteiger partial charge in [-0.15, -0.1) is 0 Å². The number of rotatable bonds is 6. The number of nitrogen functional groups attached to an aromatic ring is 1. The quantitative estimate of drug-likeness (QED) is 0.488. The molecule has 1 aromatic rings. The minimum atomic E-state index is -0.689. The summed E-state index contributed by atoms with van der Waals surface area (Å²) in [5.74, 6) is -0.260. The second-order valence-electron chi connectivity index (χ2n) is 5.30. The van der Waals surface area contributed by atoms with E-state index in [1.54, 1.807) is 12.1 Å².